The van der Waals surface area contributed by atoms with E-state index in [9.17, 15) is 0 Å². The summed E-state index contributed by atoms with van der Waals surface area (Å²) in [5.41, 5.74) is 0.398. The molecular weight excluding hydrogens is 206 g/mol. The van der Waals surface area contributed by atoms with Crippen molar-refractivity contribution in [3.63, 3.8) is 0 Å². The summed E-state index contributed by atoms with van der Waals surface area (Å²) in [5, 5.41) is 0. The van der Waals surface area contributed by atoms with Gasteiger partial charge in [-0.15, -0.1) is 0 Å². The van der Waals surface area contributed by atoms with Crippen LogP contribution >= 0.6 is 0 Å². The Morgan fingerprint density at radius 1 is 1.33 bits per heavy atom. The zero-order chi connectivity index (χ0) is 10.0. The fourth-order valence-electron chi connectivity index (χ4n) is 3.43. The number of halogens is 1. The van der Waals surface area contributed by atoms with Gasteiger partial charge in [-0.3, -0.25) is 0 Å². The van der Waals surface area contributed by atoms with E-state index in [4.69, 9.17) is 0 Å². The maximum absolute atomic E-state index is 4.07. The van der Waals surface area contributed by atoms with Crippen LogP contribution in [-0.4, -0.2) is 18.6 Å². The third kappa shape index (κ3) is 2.29. The highest BCUT2D eigenvalue weighted by atomic mass is 35.5. The standard InChI is InChI=1S/C13H21N.ClH/c1-3-9-14-10-7-12-6-5-8-13(14,4-2)11-12;/h3-4,12H,1-2,5-11H2;1H/t12-,13-;/m0./s1. The smallest absolute Gasteiger partial charge is 0.116 e. The first-order valence-corrected chi connectivity index (χ1v) is 5.90. The third-order valence-electron chi connectivity index (χ3n) is 4.23. The van der Waals surface area contributed by atoms with Gasteiger partial charge in [0, 0.05) is 12.8 Å². The summed E-state index contributed by atoms with van der Waals surface area (Å²) in [6.07, 6.45) is 11.3. The van der Waals surface area contributed by atoms with Crippen molar-refractivity contribution in [2.75, 3.05) is 13.1 Å². The van der Waals surface area contributed by atoms with E-state index in [1.54, 1.807) is 4.90 Å². The molecule has 0 aromatic heterocycles. The lowest BCUT2D eigenvalue weighted by molar-refractivity contribution is -0.948. The van der Waals surface area contributed by atoms with Crippen molar-refractivity contribution in [3.8, 4) is 0 Å². The molecule has 1 N–H and O–H groups in total. The van der Waals surface area contributed by atoms with Crippen LogP contribution in [0.4, 0.5) is 0 Å². The second-order valence-electron chi connectivity index (χ2n) is 4.96. The minimum atomic E-state index is 0. The van der Waals surface area contributed by atoms with E-state index in [1.165, 1.54) is 38.6 Å². The first-order valence-electron chi connectivity index (χ1n) is 5.90. The summed E-state index contributed by atoms with van der Waals surface area (Å²) in [6, 6.07) is 0. The molecule has 0 amide bonds. The molecule has 2 fully saturated rings. The molecule has 2 rings (SSSR count). The van der Waals surface area contributed by atoms with E-state index in [2.05, 4.69) is 25.3 Å². The molecule has 0 aromatic rings. The number of fused-ring (bicyclic) bond motifs is 2. The molecule has 2 bridgehead atoms. The van der Waals surface area contributed by atoms with Gasteiger partial charge < -0.3 is 17.3 Å². The Hall–Kier alpha value is -0.270. The first kappa shape index (κ1) is 12.8. The van der Waals surface area contributed by atoms with Gasteiger partial charge in [0.25, 0.3) is 0 Å². The Bertz CT molecular complexity index is 239. The molecule has 1 unspecified atom stereocenters. The maximum atomic E-state index is 4.07. The molecule has 1 aliphatic heterocycles. The van der Waals surface area contributed by atoms with Crippen molar-refractivity contribution in [1.82, 2.24) is 0 Å². The largest absolute Gasteiger partial charge is 1.00 e. The molecule has 0 aromatic carbocycles. The Morgan fingerprint density at radius 2 is 2.13 bits per heavy atom. The quantitative estimate of drug-likeness (QED) is 0.565. The van der Waals surface area contributed by atoms with Crippen molar-refractivity contribution >= 4 is 0 Å². The zero-order valence-corrected chi connectivity index (χ0v) is 10.2. The number of nitrogens with one attached hydrogen (secondary N) is 1. The highest BCUT2D eigenvalue weighted by molar-refractivity contribution is 5.01. The number of hydrogen-bond donors (Lipinski definition) is 1. The predicted molar refractivity (Wildman–Crippen MR) is 60.4 cm³/mol. The summed E-state index contributed by atoms with van der Waals surface area (Å²) in [5.74, 6) is 0.982. The van der Waals surface area contributed by atoms with Crippen LogP contribution in [0.15, 0.2) is 25.3 Å². The van der Waals surface area contributed by atoms with E-state index in [-0.39, 0.29) is 12.4 Å². The topological polar surface area (TPSA) is 4.44 Å². The van der Waals surface area contributed by atoms with Gasteiger partial charge in [-0.1, -0.05) is 13.2 Å². The fourth-order valence-corrected chi connectivity index (χ4v) is 3.43. The molecule has 1 aliphatic carbocycles. The van der Waals surface area contributed by atoms with E-state index in [1.807, 2.05) is 0 Å². The lowest BCUT2D eigenvalue weighted by atomic mass is 9.70. The molecule has 1 heterocycles. The average Bonchev–Trinajstić information content (AvgIpc) is 2.23. The fraction of sp³-hybridized carbons (Fsp3) is 0.692. The molecule has 1 saturated carbocycles. The molecule has 2 heteroatoms. The van der Waals surface area contributed by atoms with Crippen LogP contribution in [0.5, 0.6) is 0 Å². The number of piperidine rings is 1. The van der Waals surface area contributed by atoms with Gasteiger partial charge in [-0.2, -0.15) is 0 Å². The van der Waals surface area contributed by atoms with Crippen molar-refractivity contribution in [3.05, 3.63) is 25.3 Å². The number of quaternary nitrogens is 1. The third-order valence-corrected chi connectivity index (χ3v) is 4.23. The first-order chi connectivity index (χ1) is 6.80. The van der Waals surface area contributed by atoms with Crippen LogP contribution in [0.25, 0.3) is 0 Å². The Morgan fingerprint density at radius 3 is 2.80 bits per heavy atom. The lowest BCUT2D eigenvalue weighted by Crippen LogP contribution is -3.21. The molecule has 2 aliphatic rings. The van der Waals surface area contributed by atoms with Gasteiger partial charge in [-0.25, -0.2) is 0 Å². The predicted octanol–water partition coefficient (Wildman–Crippen LogP) is -1.42. The zero-order valence-electron chi connectivity index (χ0n) is 9.47. The molecule has 1 saturated heterocycles. The molecule has 15 heavy (non-hydrogen) atoms. The summed E-state index contributed by atoms with van der Waals surface area (Å²) < 4.78 is 0. The normalized spacial score (nSPS) is 38.9. The SMILES string of the molecule is C=CC[NH+]1CC[C@@H]2CCC[C@@]1(C=C)C2.[Cl-]. The second-order valence-corrected chi connectivity index (χ2v) is 4.96. The van der Waals surface area contributed by atoms with Crippen LogP contribution in [0.3, 0.4) is 0 Å². The van der Waals surface area contributed by atoms with Crippen LogP contribution < -0.4 is 17.3 Å². The minimum Gasteiger partial charge on any atom is -1.00 e. The van der Waals surface area contributed by atoms with Gasteiger partial charge in [-0.05, 0) is 37.3 Å². The van der Waals surface area contributed by atoms with Crippen molar-refractivity contribution in [2.24, 2.45) is 5.92 Å². The second kappa shape index (κ2) is 5.18. The van der Waals surface area contributed by atoms with Crippen LogP contribution in [0.1, 0.15) is 32.1 Å². The van der Waals surface area contributed by atoms with Gasteiger partial charge in [0.1, 0.15) is 5.54 Å². The molecule has 86 valence electrons. The highest BCUT2D eigenvalue weighted by Gasteiger charge is 2.45. The van der Waals surface area contributed by atoms with E-state index in [0.29, 0.717) is 5.54 Å². The number of hydrogen-bond acceptors (Lipinski definition) is 0. The Labute approximate surface area is 99.6 Å². The molecule has 0 spiro atoms. The van der Waals surface area contributed by atoms with Crippen LogP contribution in [-0.2, 0) is 0 Å². The number of rotatable bonds is 3. The average molecular weight is 228 g/mol. The maximum Gasteiger partial charge on any atom is 0.116 e. The summed E-state index contributed by atoms with van der Waals surface area (Å²) >= 11 is 0. The summed E-state index contributed by atoms with van der Waals surface area (Å²) in [6.45, 7) is 10.4. The van der Waals surface area contributed by atoms with Crippen molar-refractivity contribution < 1.29 is 17.3 Å². The van der Waals surface area contributed by atoms with Crippen molar-refractivity contribution in [2.45, 2.75) is 37.6 Å². The van der Waals surface area contributed by atoms with E-state index in [0.717, 1.165) is 12.5 Å². The Balaban J connectivity index is 0.00000112. The van der Waals surface area contributed by atoms with Gasteiger partial charge in [0.05, 0.1) is 13.1 Å². The molecule has 1 nitrogen and oxygen atoms in total. The van der Waals surface area contributed by atoms with E-state index >= 15 is 0 Å². The van der Waals surface area contributed by atoms with Crippen LogP contribution in [0.2, 0.25) is 0 Å². The van der Waals surface area contributed by atoms with Crippen LogP contribution in [0, 0.1) is 5.92 Å². The minimum absolute atomic E-state index is 0. The molecule has 3 atom stereocenters. The van der Waals surface area contributed by atoms with Crippen molar-refractivity contribution in [1.29, 1.82) is 0 Å². The highest BCUT2D eigenvalue weighted by Crippen LogP contribution is 2.35. The van der Waals surface area contributed by atoms with E-state index < -0.39 is 0 Å². The van der Waals surface area contributed by atoms with Gasteiger partial charge >= 0.3 is 0 Å². The molecule has 0 radical (unpaired) electrons. The lowest BCUT2D eigenvalue weighted by Gasteiger charge is -2.48. The monoisotopic (exact) mass is 227 g/mol. The summed E-state index contributed by atoms with van der Waals surface area (Å²) in [4.78, 5) is 1.71. The molecular formula is C13H22ClN. The number of likely N-dealkylation sites (tertiary alicyclic amines) is 1. The summed E-state index contributed by atoms with van der Waals surface area (Å²) in [7, 11) is 0. The Kier molecular flexibility index (Phi) is 4.42. The van der Waals surface area contributed by atoms with Gasteiger partial charge in [0.15, 0.2) is 0 Å². The van der Waals surface area contributed by atoms with Gasteiger partial charge in [0.2, 0.25) is 0 Å².